The van der Waals surface area contributed by atoms with Crippen LogP contribution in [0.3, 0.4) is 0 Å². The minimum absolute atomic E-state index is 0.0733. The summed E-state index contributed by atoms with van der Waals surface area (Å²) in [4.78, 5) is 24.4. The Kier molecular flexibility index (Phi) is 5.54. The minimum Gasteiger partial charge on any atom is -0.479 e. The van der Waals surface area contributed by atoms with Crippen molar-refractivity contribution >= 4 is 12.1 Å². The van der Waals surface area contributed by atoms with E-state index in [4.69, 9.17) is 4.74 Å². The summed E-state index contributed by atoms with van der Waals surface area (Å²) in [5.41, 5.74) is 3.05. The highest BCUT2D eigenvalue weighted by Gasteiger charge is 2.43. The Hall–Kier alpha value is -3.08. The van der Waals surface area contributed by atoms with Gasteiger partial charge in [-0.2, -0.15) is 0 Å². The molecule has 0 fully saturated rings. The van der Waals surface area contributed by atoms with Gasteiger partial charge in [-0.25, -0.2) is 9.59 Å². The van der Waals surface area contributed by atoms with E-state index in [1.54, 1.807) is 13.8 Å². The molecule has 2 N–H and O–H groups in total. The van der Waals surface area contributed by atoms with Crippen LogP contribution in [0.4, 0.5) is 4.79 Å². The summed E-state index contributed by atoms with van der Waals surface area (Å²) in [5.74, 6) is -1.50. The molecule has 1 amide bonds. The van der Waals surface area contributed by atoms with E-state index in [1.165, 1.54) is 6.08 Å². The van der Waals surface area contributed by atoms with Crippen molar-refractivity contribution in [2.45, 2.75) is 31.7 Å². The van der Waals surface area contributed by atoms with Crippen molar-refractivity contribution in [1.29, 1.82) is 0 Å². The van der Waals surface area contributed by atoms with Crippen molar-refractivity contribution in [2.75, 3.05) is 6.61 Å². The molecule has 0 spiro atoms. The van der Waals surface area contributed by atoms with E-state index in [9.17, 15) is 14.7 Å². The summed E-state index contributed by atoms with van der Waals surface area (Å²) >= 11 is 0. The molecule has 0 saturated carbocycles. The molecule has 0 aromatic heterocycles. The molecule has 28 heavy (non-hydrogen) atoms. The number of ether oxygens (including phenoxy) is 1. The van der Waals surface area contributed by atoms with Gasteiger partial charge in [0.05, 0.1) is 0 Å². The van der Waals surface area contributed by atoms with E-state index in [0.29, 0.717) is 0 Å². The zero-order chi connectivity index (χ0) is 20.3. The number of carboxylic acids is 1. The molecule has 0 unspecified atom stereocenters. The molecule has 0 bridgehead atoms. The molecule has 2 aromatic rings. The van der Waals surface area contributed by atoms with Gasteiger partial charge in [-0.1, -0.05) is 68.5 Å². The number of nitrogens with one attached hydrogen (secondary N) is 1. The smallest absolute Gasteiger partial charge is 0.408 e. The fourth-order valence-corrected chi connectivity index (χ4v) is 3.86. The summed E-state index contributed by atoms with van der Waals surface area (Å²) in [6.45, 7) is 7.26. The van der Waals surface area contributed by atoms with Gasteiger partial charge in [0.15, 0.2) is 0 Å². The van der Waals surface area contributed by atoms with Gasteiger partial charge in [-0.15, -0.1) is 6.58 Å². The topological polar surface area (TPSA) is 75.6 Å². The Morgan fingerprint density at radius 1 is 1.14 bits per heavy atom. The quantitative estimate of drug-likeness (QED) is 0.691. The fraction of sp³-hybridized carbons (Fsp3) is 0.304. The predicted octanol–water partition coefficient (Wildman–Crippen LogP) is 4.58. The summed E-state index contributed by atoms with van der Waals surface area (Å²) in [6.07, 6.45) is 0.877. The van der Waals surface area contributed by atoms with Crippen LogP contribution in [0.1, 0.15) is 37.3 Å². The number of amides is 1. The fourth-order valence-electron chi connectivity index (χ4n) is 3.86. The first-order chi connectivity index (χ1) is 13.4. The van der Waals surface area contributed by atoms with Crippen LogP contribution >= 0.6 is 0 Å². The van der Waals surface area contributed by atoms with E-state index in [-0.39, 0.29) is 24.9 Å². The van der Waals surface area contributed by atoms with Crippen molar-refractivity contribution in [3.05, 3.63) is 72.3 Å². The monoisotopic (exact) mass is 379 g/mol. The largest absolute Gasteiger partial charge is 0.479 e. The lowest BCUT2D eigenvalue weighted by Crippen LogP contribution is -2.58. The van der Waals surface area contributed by atoms with Crippen molar-refractivity contribution in [3.8, 4) is 11.1 Å². The highest BCUT2D eigenvalue weighted by atomic mass is 16.5. The van der Waals surface area contributed by atoms with Gasteiger partial charge in [-0.3, -0.25) is 0 Å². The molecule has 2 aromatic carbocycles. The van der Waals surface area contributed by atoms with Crippen molar-refractivity contribution < 1.29 is 19.4 Å². The van der Waals surface area contributed by atoms with E-state index in [2.05, 4.69) is 24.0 Å². The van der Waals surface area contributed by atoms with Gasteiger partial charge >= 0.3 is 12.1 Å². The van der Waals surface area contributed by atoms with Gasteiger partial charge in [0.25, 0.3) is 0 Å². The maximum atomic E-state index is 12.5. The number of hydrogen-bond donors (Lipinski definition) is 2. The summed E-state index contributed by atoms with van der Waals surface area (Å²) in [5, 5.41) is 12.3. The first kappa shape index (κ1) is 19.7. The van der Waals surface area contributed by atoms with Crippen molar-refractivity contribution in [2.24, 2.45) is 5.92 Å². The van der Waals surface area contributed by atoms with Gasteiger partial charge in [0, 0.05) is 5.92 Å². The van der Waals surface area contributed by atoms with Crippen LogP contribution in [-0.4, -0.2) is 29.3 Å². The molecular weight excluding hydrogens is 354 g/mol. The van der Waals surface area contributed by atoms with E-state index < -0.39 is 17.6 Å². The van der Waals surface area contributed by atoms with E-state index >= 15 is 0 Å². The Morgan fingerprint density at radius 3 is 2.14 bits per heavy atom. The van der Waals surface area contributed by atoms with Gasteiger partial charge in [-0.05, 0) is 34.6 Å². The van der Waals surface area contributed by atoms with Crippen LogP contribution in [0.15, 0.2) is 61.2 Å². The summed E-state index contributed by atoms with van der Waals surface area (Å²) < 4.78 is 5.49. The van der Waals surface area contributed by atoms with Crippen LogP contribution in [0.5, 0.6) is 0 Å². The number of carbonyl (C=O) groups excluding carboxylic acids is 1. The number of carbonyl (C=O) groups is 2. The molecule has 0 aliphatic heterocycles. The molecule has 5 nitrogen and oxygen atoms in total. The van der Waals surface area contributed by atoms with Crippen molar-refractivity contribution in [1.82, 2.24) is 5.32 Å². The van der Waals surface area contributed by atoms with Gasteiger partial charge in [0.1, 0.15) is 12.1 Å². The lowest BCUT2D eigenvalue weighted by molar-refractivity contribution is -0.146. The lowest BCUT2D eigenvalue weighted by Gasteiger charge is -2.33. The molecule has 146 valence electrons. The first-order valence-electron chi connectivity index (χ1n) is 9.38. The number of hydrogen-bond acceptors (Lipinski definition) is 3. The molecule has 1 aliphatic carbocycles. The molecule has 1 atom stereocenters. The zero-order valence-corrected chi connectivity index (χ0v) is 16.1. The second-order valence-electron chi connectivity index (χ2n) is 7.37. The zero-order valence-electron chi connectivity index (χ0n) is 16.1. The Labute approximate surface area is 165 Å². The molecule has 0 saturated heterocycles. The van der Waals surface area contributed by atoms with Crippen LogP contribution < -0.4 is 5.32 Å². The second kappa shape index (κ2) is 7.89. The third-order valence-corrected chi connectivity index (χ3v) is 5.50. The van der Waals surface area contributed by atoms with Gasteiger partial charge < -0.3 is 15.2 Å². The Morgan fingerprint density at radius 2 is 1.68 bits per heavy atom. The average molecular weight is 379 g/mol. The average Bonchev–Trinajstić information content (AvgIpc) is 2.99. The number of benzene rings is 2. The Balaban J connectivity index is 1.78. The van der Waals surface area contributed by atoms with Gasteiger partial charge in [0.2, 0.25) is 0 Å². The first-order valence-corrected chi connectivity index (χ1v) is 9.38. The number of carboxylic acid groups (broad SMARTS) is 1. The summed E-state index contributed by atoms with van der Waals surface area (Å²) in [6, 6.07) is 16.1. The molecule has 0 heterocycles. The highest BCUT2D eigenvalue weighted by molar-refractivity contribution is 5.85. The summed E-state index contributed by atoms with van der Waals surface area (Å²) in [7, 11) is 0. The number of rotatable bonds is 7. The van der Waals surface area contributed by atoms with Crippen LogP contribution in [0, 0.1) is 5.92 Å². The normalized spacial score (nSPS) is 14.7. The van der Waals surface area contributed by atoms with Crippen molar-refractivity contribution in [3.63, 3.8) is 0 Å². The second-order valence-corrected chi connectivity index (χ2v) is 7.37. The van der Waals surface area contributed by atoms with Crippen LogP contribution in [0.25, 0.3) is 11.1 Å². The number of aliphatic carboxylic acids is 1. The minimum atomic E-state index is -1.44. The standard InChI is InChI=1S/C23H25NO4/c1-4-13-23(15(2)3,21(25)26)24-22(27)28-14-20-18-11-7-5-9-16(18)17-10-6-8-12-19(17)20/h4-12,15,20H,1,13-14H2,2-3H3,(H,24,27)(H,25,26)/t23-/m0/s1. The van der Waals surface area contributed by atoms with E-state index in [0.717, 1.165) is 22.3 Å². The molecule has 3 rings (SSSR count). The van der Waals surface area contributed by atoms with Crippen LogP contribution in [-0.2, 0) is 9.53 Å². The van der Waals surface area contributed by atoms with E-state index in [1.807, 2.05) is 36.4 Å². The molecule has 5 heteroatoms. The number of alkyl carbamates (subject to hydrolysis) is 1. The highest BCUT2D eigenvalue weighted by Crippen LogP contribution is 2.44. The maximum absolute atomic E-state index is 12.5. The van der Waals surface area contributed by atoms with Crippen LogP contribution in [0.2, 0.25) is 0 Å². The third-order valence-electron chi connectivity index (χ3n) is 5.50. The Bertz CT molecular complexity index is 859. The molecule has 1 aliphatic rings. The lowest BCUT2D eigenvalue weighted by atomic mass is 9.83. The number of fused-ring (bicyclic) bond motifs is 3. The molecule has 0 radical (unpaired) electrons. The predicted molar refractivity (Wildman–Crippen MR) is 108 cm³/mol. The third kappa shape index (κ3) is 3.40. The molecular formula is C23H25NO4. The maximum Gasteiger partial charge on any atom is 0.408 e. The SMILES string of the molecule is C=CC[C@@](NC(=O)OCC1c2ccccc2-c2ccccc21)(C(=O)O)C(C)C.